The van der Waals surface area contributed by atoms with Crippen LogP contribution >= 0.6 is 11.8 Å². The highest BCUT2D eigenvalue weighted by Gasteiger charge is 2.35. The number of piperazine rings is 1. The molecule has 3 fully saturated rings. The van der Waals surface area contributed by atoms with Gasteiger partial charge in [0.1, 0.15) is 0 Å². The van der Waals surface area contributed by atoms with Crippen LogP contribution in [0.25, 0.3) is 0 Å². The Morgan fingerprint density at radius 3 is 2.49 bits per heavy atom. The lowest BCUT2D eigenvalue weighted by Crippen LogP contribution is -2.44. The first-order valence-electron chi connectivity index (χ1n) is 14.5. The van der Waals surface area contributed by atoms with Crippen LogP contribution in [0.3, 0.4) is 0 Å². The molecule has 8 nitrogen and oxygen atoms in total. The average molecular weight is 593 g/mol. The van der Waals surface area contributed by atoms with Gasteiger partial charge in [0.05, 0.1) is 30.7 Å². The Hall–Kier alpha value is -2.70. The molecule has 41 heavy (non-hydrogen) atoms. The fraction of sp³-hybridized carbons (Fsp3) is 0.586. The molecule has 4 heterocycles. The number of ether oxygens (including phenoxy) is 1. The van der Waals surface area contributed by atoms with E-state index in [1.54, 1.807) is 11.0 Å². The molecule has 1 aromatic carbocycles. The number of carbonyl (C=O) groups excluding carboxylic acids is 1. The molecule has 0 spiro atoms. The Bertz CT molecular complexity index is 1150. The van der Waals surface area contributed by atoms with Crippen molar-refractivity contribution in [3.05, 3.63) is 42.2 Å². The quantitative estimate of drug-likeness (QED) is 0.421. The zero-order valence-corrected chi connectivity index (χ0v) is 24.1. The maximum atomic E-state index is 13.8. The lowest BCUT2D eigenvalue weighted by molar-refractivity contribution is -0.137. The number of anilines is 3. The van der Waals surface area contributed by atoms with E-state index in [2.05, 4.69) is 26.6 Å². The number of pyridine rings is 1. The average Bonchev–Trinajstić information content (AvgIpc) is 3.01. The highest BCUT2D eigenvalue weighted by molar-refractivity contribution is 7.99. The van der Waals surface area contributed by atoms with Gasteiger partial charge in [0.15, 0.2) is 0 Å². The molecule has 0 bridgehead atoms. The molecular formula is C29H39F3N6O2S. The van der Waals surface area contributed by atoms with Gasteiger partial charge < -0.3 is 30.1 Å². The van der Waals surface area contributed by atoms with Crippen molar-refractivity contribution < 1.29 is 22.7 Å². The van der Waals surface area contributed by atoms with Crippen LogP contribution in [-0.4, -0.2) is 93.7 Å². The summed E-state index contributed by atoms with van der Waals surface area (Å²) in [4.78, 5) is 24.4. The van der Waals surface area contributed by atoms with E-state index in [1.807, 2.05) is 29.1 Å². The van der Waals surface area contributed by atoms with E-state index in [1.165, 1.54) is 16.6 Å². The second-order valence-corrected chi connectivity index (χ2v) is 11.8. The van der Waals surface area contributed by atoms with Crippen LogP contribution in [0.15, 0.2) is 41.6 Å². The molecular weight excluding hydrogens is 553 g/mol. The SMILES string of the molecule is O=C(CCNc1ccc(N2CCNCC2)c(C(F)(F)F)c1)N1CCC(CSc2ccncc2N2CCOCC2)CC1. The van der Waals surface area contributed by atoms with Crippen LogP contribution in [0.5, 0.6) is 0 Å². The third-order valence-corrected chi connectivity index (χ3v) is 9.28. The summed E-state index contributed by atoms with van der Waals surface area (Å²) in [5, 5.41) is 6.21. The fourth-order valence-corrected chi connectivity index (χ4v) is 6.86. The van der Waals surface area contributed by atoms with Crippen LogP contribution in [0.2, 0.25) is 0 Å². The second-order valence-electron chi connectivity index (χ2n) is 10.7. The summed E-state index contributed by atoms with van der Waals surface area (Å²) >= 11 is 1.86. The maximum absolute atomic E-state index is 13.8. The number of likely N-dealkylation sites (tertiary alicyclic amines) is 1. The number of nitrogens with one attached hydrogen (secondary N) is 2. The van der Waals surface area contributed by atoms with E-state index in [0.29, 0.717) is 57.4 Å². The molecule has 0 saturated carbocycles. The highest BCUT2D eigenvalue weighted by atomic mass is 32.2. The fourth-order valence-electron chi connectivity index (χ4n) is 5.62. The molecule has 3 aliphatic rings. The molecule has 0 atom stereocenters. The summed E-state index contributed by atoms with van der Waals surface area (Å²) in [5.41, 5.74) is 1.12. The standard InChI is InChI=1S/C29H39F3N6O2S/c30-29(31,32)24-19-23(1-2-25(24)36-13-9-33-10-14-36)35-8-4-28(39)38-11-5-22(6-12-38)21-41-27-3-7-34-20-26(27)37-15-17-40-18-16-37/h1-3,7,19-20,22,33,35H,4-6,8-18,21H2. The Morgan fingerprint density at radius 1 is 1.02 bits per heavy atom. The number of amides is 1. The molecule has 3 saturated heterocycles. The molecule has 2 aromatic rings. The van der Waals surface area contributed by atoms with Crippen molar-refractivity contribution in [2.45, 2.75) is 30.3 Å². The molecule has 0 radical (unpaired) electrons. The van der Waals surface area contributed by atoms with Gasteiger partial charge in [-0.3, -0.25) is 9.78 Å². The van der Waals surface area contributed by atoms with Gasteiger partial charge in [-0.2, -0.15) is 13.2 Å². The number of aromatic nitrogens is 1. The monoisotopic (exact) mass is 592 g/mol. The Labute approximate surface area is 244 Å². The molecule has 2 N–H and O–H groups in total. The molecule has 0 aliphatic carbocycles. The predicted molar refractivity (Wildman–Crippen MR) is 157 cm³/mol. The van der Waals surface area contributed by atoms with Gasteiger partial charge in [-0.15, -0.1) is 11.8 Å². The number of carbonyl (C=O) groups is 1. The molecule has 12 heteroatoms. The first-order chi connectivity index (χ1) is 19.9. The van der Waals surface area contributed by atoms with E-state index in [4.69, 9.17) is 4.74 Å². The molecule has 1 aromatic heterocycles. The Kier molecular flexibility index (Phi) is 10.2. The minimum atomic E-state index is -4.45. The lowest BCUT2D eigenvalue weighted by atomic mass is 9.99. The number of morpholine rings is 1. The number of hydrogen-bond donors (Lipinski definition) is 2. The summed E-state index contributed by atoms with van der Waals surface area (Å²) < 4.78 is 47.0. The molecule has 1 amide bonds. The largest absolute Gasteiger partial charge is 0.418 e. The molecule has 0 unspecified atom stereocenters. The van der Waals surface area contributed by atoms with Crippen molar-refractivity contribution in [1.29, 1.82) is 0 Å². The summed E-state index contributed by atoms with van der Waals surface area (Å²) in [6.45, 7) is 7.36. The van der Waals surface area contributed by atoms with Crippen molar-refractivity contribution in [3.8, 4) is 0 Å². The number of piperidine rings is 1. The van der Waals surface area contributed by atoms with Crippen LogP contribution in [0.4, 0.5) is 30.2 Å². The number of benzene rings is 1. The van der Waals surface area contributed by atoms with Crippen molar-refractivity contribution >= 4 is 34.7 Å². The number of thioether (sulfide) groups is 1. The number of rotatable bonds is 9. The van der Waals surface area contributed by atoms with Gasteiger partial charge >= 0.3 is 6.18 Å². The highest BCUT2D eigenvalue weighted by Crippen LogP contribution is 2.38. The van der Waals surface area contributed by atoms with Crippen molar-refractivity contribution in [2.75, 3.05) is 93.0 Å². The molecule has 5 rings (SSSR count). The lowest BCUT2D eigenvalue weighted by Gasteiger charge is -2.33. The smallest absolute Gasteiger partial charge is 0.385 e. The van der Waals surface area contributed by atoms with E-state index >= 15 is 0 Å². The minimum Gasteiger partial charge on any atom is -0.385 e. The summed E-state index contributed by atoms with van der Waals surface area (Å²) in [7, 11) is 0. The summed E-state index contributed by atoms with van der Waals surface area (Å²) in [6, 6.07) is 6.46. The number of halogens is 3. The van der Waals surface area contributed by atoms with E-state index in [-0.39, 0.29) is 18.0 Å². The van der Waals surface area contributed by atoms with E-state index in [0.717, 1.165) is 51.0 Å². The predicted octanol–water partition coefficient (Wildman–Crippen LogP) is 4.18. The zero-order valence-electron chi connectivity index (χ0n) is 23.3. The van der Waals surface area contributed by atoms with Crippen LogP contribution in [0, 0.1) is 5.92 Å². The molecule has 224 valence electrons. The van der Waals surface area contributed by atoms with Gasteiger partial charge in [0.2, 0.25) is 5.91 Å². The maximum Gasteiger partial charge on any atom is 0.418 e. The van der Waals surface area contributed by atoms with E-state index in [9.17, 15) is 18.0 Å². The Morgan fingerprint density at radius 2 is 1.76 bits per heavy atom. The van der Waals surface area contributed by atoms with Gasteiger partial charge in [-0.25, -0.2) is 0 Å². The van der Waals surface area contributed by atoms with Crippen molar-refractivity contribution in [2.24, 2.45) is 5.92 Å². The van der Waals surface area contributed by atoms with Gasteiger partial charge in [0, 0.05) is 93.5 Å². The summed E-state index contributed by atoms with van der Waals surface area (Å²) in [6.07, 6.45) is 1.48. The van der Waals surface area contributed by atoms with E-state index < -0.39 is 11.7 Å². The summed E-state index contributed by atoms with van der Waals surface area (Å²) in [5.74, 6) is 1.57. The topological polar surface area (TPSA) is 73.0 Å². The molecule has 3 aliphatic heterocycles. The van der Waals surface area contributed by atoms with Gasteiger partial charge in [0.25, 0.3) is 0 Å². The van der Waals surface area contributed by atoms with Gasteiger partial charge in [-0.05, 0) is 43.0 Å². The second kappa shape index (κ2) is 14.0. The minimum absolute atomic E-state index is 0.0424. The number of nitrogens with zero attached hydrogens (tertiary/aromatic N) is 4. The third-order valence-electron chi connectivity index (χ3n) is 7.98. The first kappa shape index (κ1) is 29.8. The number of alkyl halides is 3. The normalized spacial score (nSPS) is 19.0. The van der Waals surface area contributed by atoms with Crippen LogP contribution in [-0.2, 0) is 15.7 Å². The first-order valence-corrected chi connectivity index (χ1v) is 15.4. The van der Waals surface area contributed by atoms with Crippen LogP contribution in [0.1, 0.15) is 24.8 Å². The van der Waals surface area contributed by atoms with Crippen molar-refractivity contribution in [1.82, 2.24) is 15.2 Å². The number of hydrogen-bond acceptors (Lipinski definition) is 8. The third kappa shape index (κ3) is 7.98. The zero-order chi connectivity index (χ0) is 28.7. The van der Waals surface area contributed by atoms with Crippen molar-refractivity contribution in [3.63, 3.8) is 0 Å². The van der Waals surface area contributed by atoms with Gasteiger partial charge in [-0.1, -0.05) is 0 Å². The Balaban J connectivity index is 1.06. The van der Waals surface area contributed by atoms with Crippen LogP contribution < -0.4 is 20.4 Å².